The molecule has 3 aromatic rings. The molecule has 1 aromatic heterocycles. The number of thiazole rings is 1. The van der Waals surface area contributed by atoms with Gasteiger partial charge in [0.25, 0.3) is 5.69 Å². The first-order valence-corrected chi connectivity index (χ1v) is 9.67. The Morgan fingerprint density at radius 2 is 1.93 bits per heavy atom. The normalized spacial score (nSPS) is 15.8. The van der Waals surface area contributed by atoms with Crippen LogP contribution in [-0.2, 0) is 6.54 Å². The summed E-state index contributed by atoms with van der Waals surface area (Å²) in [5, 5.41) is 11.9. The second-order valence-electron chi connectivity index (χ2n) is 6.65. The number of nitrogens with zero attached hydrogens (tertiary/aromatic N) is 4. The Hall–Kier alpha value is -2.58. The van der Waals surface area contributed by atoms with Gasteiger partial charge in [-0.3, -0.25) is 15.0 Å². The van der Waals surface area contributed by atoms with Crippen molar-refractivity contribution in [3.05, 3.63) is 64.0 Å². The van der Waals surface area contributed by atoms with Crippen molar-refractivity contribution in [2.45, 2.75) is 13.0 Å². The summed E-state index contributed by atoms with van der Waals surface area (Å²) in [5.74, 6) is -0.211. The van der Waals surface area contributed by atoms with Gasteiger partial charge in [-0.25, -0.2) is 9.37 Å². The van der Waals surface area contributed by atoms with Gasteiger partial charge in [0.1, 0.15) is 5.82 Å². The van der Waals surface area contributed by atoms with Gasteiger partial charge in [-0.15, -0.1) is 0 Å². The van der Waals surface area contributed by atoms with Crippen LogP contribution in [0.1, 0.15) is 12.0 Å². The average Bonchev–Trinajstić information content (AvgIpc) is 2.95. The standard InChI is InChI=1S/C19H19FN4O2S/c20-15-4-2-14(3-5-15)13-22-8-1-9-23(11-10-22)19-21-17-7-6-16(24(25)26)12-18(17)27-19/h2-7,12H,1,8-11,13H2. The van der Waals surface area contributed by atoms with Crippen molar-refractivity contribution < 1.29 is 9.31 Å². The van der Waals surface area contributed by atoms with Crippen molar-refractivity contribution >= 4 is 32.4 Å². The highest BCUT2D eigenvalue weighted by molar-refractivity contribution is 7.22. The minimum Gasteiger partial charge on any atom is -0.347 e. The van der Waals surface area contributed by atoms with Gasteiger partial charge in [-0.2, -0.15) is 0 Å². The van der Waals surface area contributed by atoms with E-state index in [1.165, 1.54) is 29.5 Å². The van der Waals surface area contributed by atoms with Crippen LogP contribution in [0.3, 0.4) is 0 Å². The van der Waals surface area contributed by atoms with E-state index >= 15 is 0 Å². The molecule has 0 bridgehead atoms. The predicted octanol–water partition coefficient (Wildman–Crippen LogP) is 4.06. The highest BCUT2D eigenvalue weighted by Gasteiger charge is 2.19. The van der Waals surface area contributed by atoms with Crippen LogP contribution in [0, 0.1) is 15.9 Å². The molecule has 4 rings (SSSR count). The molecular weight excluding hydrogens is 367 g/mol. The molecule has 8 heteroatoms. The lowest BCUT2D eigenvalue weighted by molar-refractivity contribution is -0.384. The summed E-state index contributed by atoms with van der Waals surface area (Å²) in [4.78, 5) is 19.9. The van der Waals surface area contributed by atoms with Crippen LogP contribution < -0.4 is 4.90 Å². The van der Waals surface area contributed by atoms with Crippen LogP contribution in [-0.4, -0.2) is 41.0 Å². The van der Waals surface area contributed by atoms with E-state index in [0.29, 0.717) is 0 Å². The number of nitro groups is 1. The Labute approximate surface area is 160 Å². The number of halogens is 1. The summed E-state index contributed by atoms with van der Waals surface area (Å²) in [5.41, 5.74) is 2.00. The molecule has 0 saturated carbocycles. The van der Waals surface area contributed by atoms with E-state index in [-0.39, 0.29) is 16.4 Å². The van der Waals surface area contributed by atoms with Crippen molar-refractivity contribution in [1.29, 1.82) is 0 Å². The third-order valence-corrected chi connectivity index (χ3v) is 5.83. The monoisotopic (exact) mass is 386 g/mol. The largest absolute Gasteiger partial charge is 0.347 e. The van der Waals surface area contributed by atoms with Crippen molar-refractivity contribution in [3.63, 3.8) is 0 Å². The second kappa shape index (κ2) is 7.58. The first kappa shape index (κ1) is 17.8. The minimum absolute atomic E-state index is 0.0963. The van der Waals surface area contributed by atoms with E-state index in [1.54, 1.807) is 12.1 Å². The van der Waals surface area contributed by atoms with E-state index in [2.05, 4.69) is 14.8 Å². The fourth-order valence-electron chi connectivity index (χ4n) is 3.32. The second-order valence-corrected chi connectivity index (χ2v) is 7.66. The van der Waals surface area contributed by atoms with Crippen molar-refractivity contribution in [1.82, 2.24) is 9.88 Å². The molecule has 0 N–H and O–H groups in total. The highest BCUT2D eigenvalue weighted by atomic mass is 32.1. The van der Waals surface area contributed by atoms with E-state index in [4.69, 9.17) is 0 Å². The molecule has 1 aliphatic heterocycles. The van der Waals surface area contributed by atoms with Gasteiger partial charge in [-0.05, 0) is 30.2 Å². The zero-order valence-corrected chi connectivity index (χ0v) is 15.5. The van der Waals surface area contributed by atoms with Gasteiger partial charge in [0, 0.05) is 44.9 Å². The molecule has 6 nitrogen and oxygen atoms in total. The Kier molecular flexibility index (Phi) is 5.00. The number of benzene rings is 2. The Morgan fingerprint density at radius 3 is 2.70 bits per heavy atom. The van der Waals surface area contributed by atoms with Gasteiger partial charge in [0.2, 0.25) is 0 Å². The average molecular weight is 386 g/mol. The Morgan fingerprint density at radius 1 is 1.11 bits per heavy atom. The molecule has 0 atom stereocenters. The van der Waals surface area contributed by atoms with Crippen LogP contribution in [0.2, 0.25) is 0 Å². The van der Waals surface area contributed by atoms with Gasteiger partial charge < -0.3 is 4.90 Å². The molecule has 140 valence electrons. The molecule has 0 aliphatic carbocycles. The number of aromatic nitrogens is 1. The Balaban J connectivity index is 1.45. The van der Waals surface area contributed by atoms with E-state index < -0.39 is 0 Å². The third kappa shape index (κ3) is 4.06. The van der Waals surface area contributed by atoms with Gasteiger partial charge in [0.15, 0.2) is 5.13 Å². The maximum atomic E-state index is 13.1. The number of fused-ring (bicyclic) bond motifs is 1. The molecule has 1 saturated heterocycles. The van der Waals surface area contributed by atoms with E-state index in [0.717, 1.165) is 60.1 Å². The van der Waals surface area contributed by atoms with Crippen LogP contribution in [0.4, 0.5) is 15.2 Å². The number of rotatable bonds is 4. The quantitative estimate of drug-likeness (QED) is 0.500. The summed E-state index contributed by atoms with van der Waals surface area (Å²) in [6.07, 6.45) is 1.01. The summed E-state index contributed by atoms with van der Waals surface area (Å²) in [6.45, 7) is 4.43. The number of hydrogen-bond donors (Lipinski definition) is 0. The van der Waals surface area contributed by atoms with Crippen molar-refractivity contribution in [3.8, 4) is 0 Å². The first-order valence-electron chi connectivity index (χ1n) is 8.85. The molecule has 1 fully saturated rings. The Bertz CT molecular complexity index is 960. The van der Waals surface area contributed by atoms with Gasteiger partial charge in [0.05, 0.1) is 15.1 Å². The summed E-state index contributed by atoms with van der Waals surface area (Å²) >= 11 is 1.50. The molecule has 2 aromatic carbocycles. The number of non-ortho nitro benzene ring substituents is 1. The van der Waals surface area contributed by atoms with Crippen LogP contribution in [0.15, 0.2) is 42.5 Å². The molecular formula is C19H19FN4O2S. The van der Waals surface area contributed by atoms with Crippen LogP contribution in [0.5, 0.6) is 0 Å². The van der Waals surface area contributed by atoms with Crippen molar-refractivity contribution in [2.24, 2.45) is 0 Å². The number of anilines is 1. The maximum absolute atomic E-state index is 13.1. The predicted molar refractivity (Wildman–Crippen MR) is 105 cm³/mol. The van der Waals surface area contributed by atoms with Gasteiger partial charge >= 0.3 is 0 Å². The lowest BCUT2D eigenvalue weighted by atomic mass is 10.2. The SMILES string of the molecule is O=[N+]([O-])c1ccc2nc(N3CCCN(Cc4ccc(F)cc4)CC3)sc2c1. The highest BCUT2D eigenvalue weighted by Crippen LogP contribution is 2.31. The zero-order chi connectivity index (χ0) is 18.8. The number of nitro benzene ring substituents is 1. The molecule has 27 heavy (non-hydrogen) atoms. The summed E-state index contributed by atoms with van der Waals surface area (Å²) in [6, 6.07) is 11.5. The third-order valence-electron chi connectivity index (χ3n) is 4.75. The fraction of sp³-hybridized carbons (Fsp3) is 0.316. The summed E-state index contributed by atoms with van der Waals surface area (Å²) < 4.78 is 13.9. The first-order chi connectivity index (χ1) is 13.1. The lowest BCUT2D eigenvalue weighted by Gasteiger charge is -2.21. The summed E-state index contributed by atoms with van der Waals surface area (Å²) in [7, 11) is 0. The molecule has 0 radical (unpaired) electrons. The fourth-order valence-corrected chi connectivity index (χ4v) is 4.37. The molecule has 0 spiro atoms. The molecule has 1 aliphatic rings. The lowest BCUT2D eigenvalue weighted by Crippen LogP contribution is -2.30. The van der Waals surface area contributed by atoms with Crippen molar-refractivity contribution in [2.75, 3.05) is 31.1 Å². The maximum Gasteiger partial charge on any atom is 0.270 e. The van der Waals surface area contributed by atoms with Gasteiger partial charge in [-0.1, -0.05) is 23.5 Å². The topological polar surface area (TPSA) is 62.5 Å². The molecule has 0 amide bonds. The minimum atomic E-state index is -0.377. The molecule has 0 unspecified atom stereocenters. The smallest absolute Gasteiger partial charge is 0.270 e. The van der Waals surface area contributed by atoms with E-state index in [1.807, 2.05) is 12.1 Å². The van der Waals surface area contributed by atoms with Crippen LogP contribution >= 0.6 is 11.3 Å². The van der Waals surface area contributed by atoms with Crippen LogP contribution in [0.25, 0.3) is 10.2 Å². The molecule has 2 heterocycles. The number of hydrogen-bond acceptors (Lipinski definition) is 6. The zero-order valence-electron chi connectivity index (χ0n) is 14.7. The van der Waals surface area contributed by atoms with E-state index in [9.17, 15) is 14.5 Å².